The second-order valence-electron chi connectivity index (χ2n) is 7.16. The Hall–Kier alpha value is -4.14. The Morgan fingerprint density at radius 1 is 0.875 bits per heavy atom. The molecule has 162 valence electrons. The van der Waals surface area contributed by atoms with Gasteiger partial charge in [0.25, 0.3) is 5.56 Å². The summed E-state index contributed by atoms with van der Waals surface area (Å²) in [6, 6.07) is 14.2. The molecule has 0 aliphatic rings. The third-order valence-corrected chi connectivity index (χ3v) is 4.95. The lowest BCUT2D eigenvalue weighted by atomic mass is 10.2. The summed E-state index contributed by atoms with van der Waals surface area (Å²) in [6.45, 7) is -0.285. The summed E-state index contributed by atoms with van der Waals surface area (Å²) in [7, 11) is 0. The number of nitrogens with zero attached hydrogens (tertiary/aromatic N) is 3. The molecule has 0 spiro atoms. The van der Waals surface area contributed by atoms with Crippen molar-refractivity contribution in [3.63, 3.8) is 0 Å². The highest BCUT2D eigenvalue weighted by atomic mass is 19.1. The van der Waals surface area contributed by atoms with Crippen LogP contribution in [0.1, 0.15) is 11.1 Å². The van der Waals surface area contributed by atoms with E-state index in [2.05, 4.69) is 10.3 Å². The fourth-order valence-electron chi connectivity index (χ4n) is 3.31. The van der Waals surface area contributed by atoms with E-state index < -0.39 is 23.0 Å². The van der Waals surface area contributed by atoms with Crippen LogP contribution < -0.4 is 16.6 Å². The molecule has 9 heteroatoms. The van der Waals surface area contributed by atoms with Crippen molar-refractivity contribution >= 4 is 16.9 Å². The van der Waals surface area contributed by atoms with E-state index in [0.29, 0.717) is 11.1 Å². The SMILES string of the molecule is O=C(Cn1c(=O)n(Cc2ccc(F)cc2)c(=O)c2ncccc21)NCc1ccc(F)cc1. The third kappa shape index (κ3) is 4.46. The molecule has 2 heterocycles. The van der Waals surface area contributed by atoms with Crippen LogP contribution in [0.25, 0.3) is 11.0 Å². The molecule has 0 bridgehead atoms. The fourth-order valence-corrected chi connectivity index (χ4v) is 3.31. The number of pyridine rings is 1. The molecule has 0 saturated carbocycles. The van der Waals surface area contributed by atoms with E-state index in [1.807, 2.05) is 0 Å². The Balaban J connectivity index is 1.66. The molecule has 4 rings (SSSR count). The van der Waals surface area contributed by atoms with Gasteiger partial charge in [-0.2, -0.15) is 0 Å². The van der Waals surface area contributed by atoms with Gasteiger partial charge in [-0.1, -0.05) is 24.3 Å². The van der Waals surface area contributed by atoms with E-state index in [1.54, 1.807) is 24.3 Å². The molecule has 2 aromatic heterocycles. The van der Waals surface area contributed by atoms with Crippen LogP contribution in [0.5, 0.6) is 0 Å². The van der Waals surface area contributed by atoms with E-state index in [0.717, 1.165) is 4.57 Å². The molecule has 0 fully saturated rings. The van der Waals surface area contributed by atoms with Crippen LogP contribution in [0.3, 0.4) is 0 Å². The Morgan fingerprint density at radius 3 is 2.16 bits per heavy atom. The first-order chi connectivity index (χ1) is 15.4. The molecule has 0 atom stereocenters. The highest BCUT2D eigenvalue weighted by Crippen LogP contribution is 2.08. The smallest absolute Gasteiger partial charge is 0.332 e. The van der Waals surface area contributed by atoms with Gasteiger partial charge in [-0.25, -0.2) is 18.6 Å². The van der Waals surface area contributed by atoms with Gasteiger partial charge in [0.05, 0.1) is 12.1 Å². The summed E-state index contributed by atoms with van der Waals surface area (Å²) >= 11 is 0. The second kappa shape index (κ2) is 8.93. The number of halogens is 2. The van der Waals surface area contributed by atoms with Crippen LogP contribution in [0, 0.1) is 11.6 Å². The molecule has 0 aliphatic heterocycles. The zero-order chi connectivity index (χ0) is 22.7. The minimum absolute atomic E-state index is 0.0422. The highest BCUT2D eigenvalue weighted by molar-refractivity contribution is 5.79. The third-order valence-electron chi connectivity index (χ3n) is 4.95. The molecule has 32 heavy (non-hydrogen) atoms. The fraction of sp³-hybridized carbons (Fsp3) is 0.130. The van der Waals surface area contributed by atoms with Crippen molar-refractivity contribution in [1.82, 2.24) is 19.4 Å². The molecule has 0 aliphatic carbocycles. The van der Waals surface area contributed by atoms with Crippen molar-refractivity contribution in [2.45, 2.75) is 19.6 Å². The second-order valence-corrected chi connectivity index (χ2v) is 7.16. The lowest BCUT2D eigenvalue weighted by Gasteiger charge is -2.14. The Bertz CT molecular complexity index is 1390. The summed E-state index contributed by atoms with van der Waals surface area (Å²) in [4.78, 5) is 42.6. The number of fused-ring (bicyclic) bond motifs is 1. The van der Waals surface area contributed by atoms with E-state index in [-0.39, 0.29) is 36.5 Å². The number of nitrogens with one attached hydrogen (secondary N) is 1. The van der Waals surface area contributed by atoms with Gasteiger partial charge in [0, 0.05) is 12.7 Å². The van der Waals surface area contributed by atoms with Crippen molar-refractivity contribution in [2.24, 2.45) is 0 Å². The quantitative estimate of drug-likeness (QED) is 0.502. The Kier molecular flexibility index (Phi) is 5.89. The summed E-state index contributed by atoms with van der Waals surface area (Å²) in [5.41, 5.74) is 0.234. The lowest BCUT2D eigenvalue weighted by Crippen LogP contribution is -2.43. The van der Waals surface area contributed by atoms with Gasteiger partial charge in [-0.15, -0.1) is 0 Å². The number of hydrogen-bond acceptors (Lipinski definition) is 4. The van der Waals surface area contributed by atoms with Crippen LogP contribution >= 0.6 is 0 Å². The van der Waals surface area contributed by atoms with Crippen molar-refractivity contribution in [3.05, 3.63) is 110 Å². The number of benzene rings is 2. The Labute approximate surface area is 180 Å². The molecule has 7 nitrogen and oxygen atoms in total. The van der Waals surface area contributed by atoms with Gasteiger partial charge < -0.3 is 5.32 Å². The first-order valence-corrected chi connectivity index (χ1v) is 9.76. The van der Waals surface area contributed by atoms with Crippen molar-refractivity contribution in [1.29, 1.82) is 0 Å². The maximum absolute atomic E-state index is 13.2. The predicted octanol–water partition coefficient (Wildman–Crippen LogP) is 2.20. The normalized spacial score (nSPS) is 10.9. The molecule has 0 radical (unpaired) electrons. The van der Waals surface area contributed by atoms with Gasteiger partial charge in [-0.05, 0) is 47.5 Å². The summed E-state index contributed by atoms with van der Waals surface area (Å²) in [6.07, 6.45) is 1.43. The number of amides is 1. The topological polar surface area (TPSA) is 86.0 Å². The van der Waals surface area contributed by atoms with E-state index in [9.17, 15) is 23.2 Å². The summed E-state index contributed by atoms with van der Waals surface area (Å²) in [5, 5.41) is 2.68. The van der Waals surface area contributed by atoms with Gasteiger partial charge in [0.1, 0.15) is 18.2 Å². The first-order valence-electron chi connectivity index (χ1n) is 9.76. The van der Waals surface area contributed by atoms with Gasteiger partial charge in [-0.3, -0.25) is 18.7 Å². The summed E-state index contributed by atoms with van der Waals surface area (Å²) < 4.78 is 28.4. The van der Waals surface area contributed by atoms with E-state index in [4.69, 9.17) is 0 Å². The summed E-state index contributed by atoms with van der Waals surface area (Å²) in [5.74, 6) is -1.28. The monoisotopic (exact) mass is 436 g/mol. The molecule has 2 aromatic carbocycles. The van der Waals surface area contributed by atoms with E-state index >= 15 is 0 Å². The molecule has 0 unspecified atom stereocenters. The number of carbonyl (C=O) groups is 1. The van der Waals surface area contributed by atoms with Crippen LogP contribution in [-0.2, 0) is 24.4 Å². The van der Waals surface area contributed by atoms with Crippen LogP contribution in [-0.4, -0.2) is 20.0 Å². The largest absolute Gasteiger partial charge is 0.350 e. The first kappa shape index (κ1) is 21.1. The minimum atomic E-state index is -0.684. The van der Waals surface area contributed by atoms with Gasteiger partial charge in [0.15, 0.2) is 5.52 Å². The maximum Gasteiger partial charge on any atom is 0.332 e. The Morgan fingerprint density at radius 2 is 1.50 bits per heavy atom. The van der Waals surface area contributed by atoms with E-state index in [1.165, 1.54) is 47.2 Å². The average molecular weight is 436 g/mol. The standard InChI is InChI=1S/C23H18F2N4O3/c24-17-7-3-15(4-8-17)12-27-20(30)14-28-19-2-1-11-26-21(19)22(31)29(23(28)32)13-16-5-9-18(25)10-6-16/h1-11H,12-14H2,(H,27,30). The van der Waals surface area contributed by atoms with Crippen LogP contribution in [0.15, 0.2) is 76.4 Å². The van der Waals surface area contributed by atoms with Crippen molar-refractivity contribution in [2.75, 3.05) is 0 Å². The number of rotatable bonds is 6. The molecular weight excluding hydrogens is 418 g/mol. The van der Waals surface area contributed by atoms with Crippen molar-refractivity contribution < 1.29 is 13.6 Å². The molecule has 1 N–H and O–H groups in total. The molecule has 1 amide bonds. The number of carbonyl (C=O) groups excluding carboxylic acids is 1. The van der Waals surface area contributed by atoms with Crippen LogP contribution in [0.4, 0.5) is 8.78 Å². The number of aromatic nitrogens is 3. The maximum atomic E-state index is 13.2. The zero-order valence-corrected chi connectivity index (χ0v) is 16.8. The van der Waals surface area contributed by atoms with Crippen molar-refractivity contribution in [3.8, 4) is 0 Å². The highest BCUT2D eigenvalue weighted by Gasteiger charge is 2.16. The molecule has 0 saturated heterocycles. The van der Waals surface area contributed by atoms with Crippen LogP contribution in [0.2, 0.25) is 0 Å². The number of hydrogen-bond donors (Lipinski definition) is 1. The predicted molar refractivity (Wildman–Crippen MR) is 114 cm³/mol. The lowest BCUT2D eigenvalue weighted by molar-refractivity contribution is -0.121. The minimum Gasteiger partial charge on any atom is -0.350 e. The zero-order valence-electron chi connectivity index (χ0n) is 16.8. The van der Waals surface area contributed by atoms with Gasteiger partial charge in [0.2, 0.25) is 5.91 Å². The average Bonchev–Trinajstić information content (AvgIpc) is 2.80. The van der Waals surface area contributed by atoms with Gasteiger partial charge >= 0.3 is 5.69 Å². The molecule has 4 aromatic rings. The molecular formula is C23H18F2N4O3.